The minimum atomic E-state index is -4.43. The fourth-order valence-corrected chi connectivity index (χ4v) is 1.32. The zero-order valence-electron chi connectivity index (χ0n) is 12.4. The van der Waals surface area contributed by atoms with Crippen molar-refractivity contribution in [1.29, 1.82) is 0 Å². The summed E-state index contributed by atoms with van der Waals surface area (Å²) in [7, 11) is -4.43. The molecule has 0 aromatic rings. The van der Waals surface area contributed by atoms with Crippen molar-refractivity contribution in [3.63, 3.8) is 0 Å². The lowest BCUT2D eigenvalue weighted by Gasteiger charge is -2.04. The van der Waals surface area contributed by atoms with Crippen LogP contribution in [0.4, 0.5) is 0 Å². The first-order valence-electron chi connectivity index (χ1n) is 6.47. The van der Waals surface area contributed by atoms with Gasteiger partial charge in [-0.25, -0.2) is 9.36 Å². The summed E-state index contributed by atoms with van der Waals surface area (Å²) >= 11 is 0. The zero-order chi connectivity index (χ0) is 16.8. The molecule has 0 bridgehead atoms. The van der Waals surface area contributed by atoms with Crippen molar-refractivity contribution in [3.8, 4) is 11.8 Å². The largest absolute Gasteiger partial charge is 0.469 e. The van der Waals surface area contributed by atoms with Gasteiger partial charge in [0.2, 0.25) is 0 Å². The molecule has 0 atom stereocenters. The number of carbonyl (C=O) groups is 1. The second kappa shape index (κ2) is 12.4. The number of carbonyl (C=O) groups excluding carboxylic acids is 1. The Hall–Kier alpha value is -1.20. The molecule has 0 saturated carbocycles. The molecule has 0 aliphatic carbocycles. The molecule has 2 N–H and O–H groups in total. The van der Waals surface area contributed by atoms with Crippen LogP contribution in [0.1, 0.15) is 13.3 Å². The maximum absolute atomic E-state index is 11.0. The van der Waals surface area contributed by atoms with E-state index in [0.717, 1.165) is 0 Å². The molecule has 0 radical (unpaired) electrons. The second-order valence-electron chi connectivity index (χ2n) is 4.05. The number of phosphoric ester groups is 1. The van der Waals surface area contributed by atoms with E-state index in [4.69, 9.17) is 24.0 Å². The molecule has 0 fully saturated rings. The maximum atomic E-state index is 11.0. The third-order valence-corrected chi connectivity index (χ3v) is 2.49. The van der Waals surface area contributed by atoms with Crippen LogP contribution in [0.25, 0.3) is 0 Å². The van der Waals surface area contributed by atoms with Gasteiger partial charge in [-0.1, -0.05) is 18.4 Å². The van der Waals surface area contributed by atoms with E-state index in [1.165, 1.54) is 0 Å². The van der Waals surface area contributed by atoms with Gasteiger partial charge >= 0.3 is 13.8 Å². The fraction of sp³-hybridized carbons (Fsp3) is 0.615. The molecule has 0 heterocycles. The van der Waals surface area contributed by atoms with Crippen molar-refractivity contribution in [2.45, 2.75) is 13.3 Å². The molecular weight excluding hydrogens is 315 g/mol. The van der Waals surface area contributed by atoms with E-state index < -0.39 is 13.8 Å². The van der Waals surface area contributed by atoms with Gasteiger partial charge in [0.05, 0.1) is 26.4 Å². The van der Waals surface area contributed by atoms with E-state index in [1.807, 2.05) is 0 Å². The van der Waals surface area contributed by atoms with Gasteiger partial charge in [0.25, 0.3) is 0 Å². The molecule has 0 rings (SSSR count). The summed E-state index contributed by atoms with van der Waals surface area (Å²) in [4.78, 5) is 27.8. The van der Waals surface area contributed by atoms with Gasteiger partial charge in [-0.3, -0.25) is 4.52 Å². The molecule has 0 saturated heterocycles. The zero-order valence-corrected chi connectivity index (χ0v) is 13.3. The quantitative estimate of drug-likeness (QED) is 0.186. The number of phosphoric acid groups is 1. The fourth-order valence-electron chi connectivity index (χ4n) is 1.01. The summed E-state index contributed by atoms with van der Waals surface area (Å²) in [5, 5.41) is 0. The Morgan fingerprint density at radius 2 is 1.68 bits per heavy atom. The van der Waals surface area contributed by atoms with Crippen molar-refractivity contribution in [2.75, 3.05) is 39.6 Å². The average molecular weight is 336 g/mol. The second-order valence-corrected chi connectivity index (χ2v) is 5.29. The van der Waals surface area contributed by atoms with E-state index in [-0.39, 0.29) is 33.0 Å². The molecule has 0 amide bonds. The summed E-state index contributed by atoms with van der Waals surface area (Å²) in [6.45, 7) is 5.88. The third-order valence-electron chi connectivity index (χ3n) is 1.98. The van der Waals surface area contributed by atoms with Crippen molar-refractivity contribution in [2.24, 2.45) is 0 Å². The topological polar surface area (TPSA) is 112 Å². The van der Waals surface area contributed by atoms with E-state index in [0.29, 0.717) is 18.6 Å². The highest BCUT2D eigenvalue weighted by atomic mass is 31.2. The predicted octanol–water partition coefficient (Wildman–Crippen LogP) is 0.642. The standard InChI is InChI=1S/C13H21O8P/c1-12(2)13(14)20-9-5-8-18-6-3-4-7-19-10-11-21-22(15,16)17/h1,5-11H2,2H3,(H2,15,16,17). The minimum Gasteiger partial charge on any atom is -0.462 e. The van der Waals surface area contributed by atoms with Crippen molar-refractivity contribution in [3.05, 3.63) is 12.2 Å². The number of hydrogen-bond acceptors (Lipinski definition) is 6. The Morgan fingerprint density at radius 1 is 1.09 bits per heavy atom. The summed E-state index contributed by atoms with van der Waals surface area (Å²) in [6, 6.07) is 0. The summed E-state index contributed by atoms with van der Waals surface area (Å²) < 4.78 is 29.5. The smallest absolute Gasteiger partial charge is 0.462 e. The SMILES string of the molecule is C=C(C)C(=O)OCCCOCC#CCOCCOP(=O)(O)O. The Labute approximate surface area is 129 Å². The van der Waals surface area contributed by atoms with Crippen LogP contribution >= 0.6 is 7.82 Å². The molecule has 0 aromatic carbocycles. The molecule has 126 valence electrons. The molecular formula is C13H21O8P. The average Bonchev–Trinajstić information content (AvgIpc) is 2.42. The van der Waals surface area contributed by atoms with Crippen LogP contribution < -0.4 is 0 Å². The number of rotatable bonds is 11. The van der Waals surface area contributed by atoms with E-state index in [2.05, 4.69) is 22.9 Å². The first-order chi connectivity index (χ1) is 10.3. The highest BCUT2D eigenvalue weighted by Crippen LogP contribution is 2.35. The van der Waals surface area contributed by atoms with Gasteiger partial charge in [0, 0.05) is 12.0 Å². The number of ether oxygens (including phenoxy) is 3. The molecule has 0 unspecified atom stereocenters. The Bertz CT molecular complexity index is 445. The van der Waals surface area contributed by atoms with Crippen molar-refractivity contribution in [1.82, 2.24) is 0 Å². The van der Waals surface area contributed by atoms with Crippen LogP contribution in [0.2, 0.25) is 0 Å². The normalized spacial score (nSPS) is 10.7. The van der Waals surface area contributed by atoms with Crippen molar-refractivity contribution < 1.29 is 37.9 Å². The lowest BCUT2D eigenvalue weighted by Crippen LogP contribution is -2.08. The molecule has 0 aromatic heterocycles. The highest BCUT2D eigenvalue weighted by Gasteiger charge is 2.12. The molecule has 0 spiro atoms. The molecule has 9 heteroatoms. The van der Waals surface area contributed by atoms with Crippen LogP contribution in [0, 0.1) is 11.8 Å². The molecule has 8 nitrogen and oxygen atoms in total. The van der Waals surface area contributed by atoms with Gasteiger partial charge in [-0.2, -0.15) is 0 Å². The van der Waals surface area contributed by atoms with E-state index in [9.17, 15) is 9.36 Å². The Kier molecular flexibility index (Phi) is 11.7. The minimum absolute atomic E-state index is 0.0364. The first kappa shape index (κ1) is 20.8. The van der Waals surface area contributed by atoms with E-state index in [1.54, 1.807) is 6.92 Å². The molecule has 22 heavy (non-hydrogen) atoms. The Morgan fingerprint density at radius 3 is 2.23 bits per heavy atom. The summed E-state index contributed by atoms with van der Waals surface area (Å²) in [5.74, 6) is 4.94. The monoisotopic (exact) mass is 336 g/mol. The van der Waals surface area contributed by atoms with Crippen LogP contribution in [-0.2, 0) is 28.1 Å². The van der Waals surface area contributed by atoms with Crippen molar-refractivity contribution >= 4 is 13.8 Å². The van der Waals surface area contributed by atoms with Crippen LogP contribution in [-0.4, -0.2) is 55.4 Å². The maximum Gasteiger partial charge on any atom is 0.469 e. The van der Waals surface area contributed by atoms with Gasteiger partial charge in [-0.15, -0.1) is 0 Å². The molecule has 0 aliphatic heterocycles. The van der Waals surface area contributed by atoms with Crippen LogP contribution in [0.15, 0.2) is 12.2 Å². The molecule has 0 aliphatic rings. The lowest BCUT2D eigenvalue weighted by atomic mass is 10.4. The lowest BCUT2D eigenvalue weighted by molar-refractivity contribution is -0.139. The number of hydrogen-bond donors (Lipinski definition) is 2. The van der Waals surface area contributed by atoms with Crippen LogP contribution in [0.3, 0.4) is 0 Å². The third kappa shape index (κ3) is 15.2. The van der Waals surface area contributed by atoms with Gasteiger partial charge in [-0.05, 0) is 6.92 Å². The number of esters is 1. The van der Waals surface area contributed by atoms with Gasteiger partial charge < -0.3 is 24.0 Å². The van der Waals surface area contributed by atoms with Crippen LogP contribution in [0.5, 0.6) is 0 Å². The summed E-state index contributed by atoms with van der Waals surface area (Å²) in [5.41, 5.74) is 0.359. The summed E-state index contributed by atoms with van der Waals surface area (Å²) in [6.07, 6.45) is 0.566. The Balaban J connectivity index is 3.34. The predicted molar refractivity (Wildman–Crippen MR) is 77.8 cm³/mol. The first-order valence-corrected chi connectivity index (χ1v) is 8.00. The van der Waals surface area contributed by atoms with Gasteiger partial charge in [0.1, 0.15) is 13.2 Å². The van der Waals surface area contributed by atoms with Gasteiger partial charge in [0.15, 0.2) is 0 Å². The van der Waals surface area contributed by atoms with E-state index >= 15 is 0 Å². The highest BCUT2D eigenvalue weighted by molar-refractivity contribution is 7.46.